The molecule has 0 saturated heterocycles. The number of carbonyl (C=O) groups is 1. The summed E-state index contributed by atoms with van der Waals surface area (Å²) in [6.07, 6.45) is 7.34. The fourth-order valence-corrected chi connectivity index (χ4v) is 3.57. The number of esters is 1. The molecule has 4 heteroatoms. The summed E-state index contributed by atoms with van der Waals surface area (Å²) in [5.74, 6) is 0.751. The first-order chi connectivity index (χ1) is 13.2. The lowest BCUT2D eigenvalue weighted by Gasteiger charge is -2.24. The van der Waals surface area contributed by atoms with Gasteiger partial charge in [-0.1, -0.05) is 24.6 Å². The van der Waals surface area contributed by atoms with Gasteiger partial charge in [-0.15, -0.1) is 0 Å². The van der Waals surface area contributed by atoms with Crippen LogP contribution in [0.5, 0.6) is 5.75 Å². The van der Waals surface area contributed by atoms with Crippen molar-refractivity contribution < 1.29 is 14.3 Å². The van der Waals surface area contributed by atoms with Crippen LogP contribution in [0.15, 0.2) is 42.5 Å². The molecule has 0 aliphatic heterocycles. The van der Waals surface area contributed by atoms with Crippen LogP contribution in [0, 0.1) is 0 Å². The molecule has 3 rings (SSSR count). The van der Waals surface area contributed by atoms with Crippen LogP contribution in [0.4, 0.5) is 5.69 Å². The van der Waals surface area contributed by atoms with Gasteiger partial charge in [0.05, 0.1) is 12.7 Å². The molecular formula is C23H29NO3. The molecule has 0 atom stereocenters. The summed E-state index contributed by atoms with van der Waals surface area (Å²) in [5, 5.41) is 0. The van der Waals surface area contributed by atoms with E-state index in [9.17, 15) is 4.79 Å². The minimum Gasteiger partial charge on any atom is -0.490 e. The van der Waals surface area contributed by atoms with Gasteiger partial charge in [0, 0.05) is 17.7 Å². The van der Waals surface area contributed by atoms with E-state index >= 15 is 0 Å². The first-order valence-corrected chi connectivity index (χ1v) is 9.97. The maximum atomic E-state index is 11.7. The highest BCUT2D eigenvalue weighted by Crippen LogP contribution is 2.34. The molecule has 0 heterocycles. The minimum absolute atomic E-state index is 0.158. The lowest BCUT2D eigenvalue weighted by Crippen LogP contribution is -2.20. The smallest absolute Gasteiger partial charge is 0.306 e. The Labute approximate surface area is 161 Å². The number of carbonyl (C=O) groups excluding carboxylic acids is 1. The van der Waals surface area contributed by atoms with Gasteiger partial charge in [-0.3, -0.25) is 4.79 Å². The Morgan fingerprint density at radius 3 is 2.52 bits per heavy atom. The average molecular weight is 367 g/mol. The zero-order chi connectivity index (χ0) is 19.1. The van der Waals surface area contributed by atoms with E-state index in [1.807, 2.05) is 37.3 Å². The quantitative estimate of drug-likeness (QED) is 0.543. The molecule has 1 fully saturated rings. The molecule has 27 heavy (non-hydrogen) atoms. The lowest BCUT2D eigenvalue weighted by atomic mass is 9.96. The van der Waals surface area contributed by atoms with Crippen molar-refractivity contribution in [1.29, 1.82) is 0 Å². The highest BCUT2D eigenvalue weighted by molar-refractivity contribution is 5.73. The van der Waals surface area contributed by atoms with Crippen molar-refractivity contribution in [2.45, 2.75) is 58.0 Å². The predicted molar refractivity (Wildman–Crippen MR) is 109 cm³/mol. The molecule has 0 spiro atoms. The second kappa shape index (κ2) is 9.45. The van der Waals surface area contributed by atoms with E-state index in [1.165, 1.54) is 19.3 Å². The Kier molecular flexibility index (Phi) is 6.74. The molecule has 2 N–H and O–H groups in total. The van der Waals surface area contributed by atoms with E-state index < -0.39 is 0 Å². The average Bonchev–Trinajstić information content (AvgIpc) is 2.69. The molecule has 0 radical (unpaired) electrons. The number of hydrogen-bond donors (Lipinski definition) is 1. The highest BCUT2D eigenvalue weighted by atomic mass is 16.5. The Morgan fingerprint density at radius 2 is 1.81 bits per heavy atom. The Hall–Kier alpha value is -2.49. The van der Waals surface area contributed by atoms with Crippen LogP contribution in [-0.4, -0.2) is 18.7 Å². The molecule has 1 aliphatic carbocycles. The van der Waals surface area contributed by atoms with E-state index in [4.69, 9.17) is 15.2 Å². The second-order valence-electron chi connectivity index (χ2n) is 7.14. The number of anilines is 1. The van der Waals surface area contributed by atoms with Gasteiger partial charge in [0.15, 0.2) is 0 Å². The van der Waals surface area contributed by atoms with Crippen molar-refractivity contribution in [3.63, 3.8) is 0 Å². The number of nitrogen functional groups attached to an aromatic ring is 1. The number of nitrogens with two attached hydrogens (primary N) is 1. The monoisotopic (exact) mass is 367 g/mol. The Morgan fingerprint density at radius 1 is 1.07 bits per heavy atom. The topological polar surface area (TPSA) is 61.5 Å². The van der Waals surface area contributed by atoms with Gasteiger partial charge in [0.1, 0.15) is 5.75 Å². The SMILES string of the molecule is CCOC(=O)CCc1ccc(OC2CCCCC2)c(-c2ccc(N)cc2)c1. The fourth-order valence-electron chi connectivity index (χ4n) is 3.57. The number of benzene rings is 2. The maximum Gasteiger partial charge on any atom is 0.306 e. The van der Waals surface area contributed by atoms with Crippen molar-refractivity contribution in [2.75, 3.05) is 12.3 Å². The molecule has 1 aliphatic rings. The van der Waals surface area contributed by atoms with Crippen LogP contribution < -0.4 is 10.5 Å². The largest absolute Gasteiger partial charge is 0.490 e. The molecule has 0 bridgehead atoms. The van der Waals surface area contributed by atoms with E-state index in [-0.39, 0.29) is 12.1 Å². The molecule has 2 aromatic carbocycles. The highest BCUT2D eigenvalue weighted by Gasteiger charge is 2.17. The molecule has 0 amide bonds. The number of rotatable bonds is 7. The van der Waals surface area contributed by atoms with Crippen LogP contribution in [-0.2, 0) is 16.0 Å². The van der Waals surface area contributed by atoms with E-state index in [2.05, 4.69) is 12.1 Å². The van der Waals surface area contributed by atoms with E-state index in [0.29, 0.717) is 19.4 Å². The summed E-state index contributed by atoms with van der Waals surface area (Å²) in [4.78, 5) is 11.7. The van der Waals surface area contributed by atoms with Crippen LogP contribution in [0.1, 0.15) is 51.0 Å². The minimum atomic E-state index is -0.158. The third-order valence-electron chi connectivity index (χ3n) is 5.03. The van der Waals surface area contributed by atoms with Crippen LogP contribution in [0.25, 0.3) is 11.1 Å². The fraction of sp³-hybridized carbons (Fsp3) is 0.435. The molecule has 1 saturated carbocycles. The third kappa shape index (κ3) is 5.49. The lowest BCUT2D eigenvalue weighted by molar-refractivity contribution is -0.143. The van der Waals surface area contributed by atoms with Crippen molar-refractivity contribution in [3.05, 3.63) is 48.0 Å². The first-order valence-electron chi connectivity index (χ1n) is 9.97. The Balaban J connectivity index is 1.82. The van der Waals surface area contributed by atoms with E-state index in [1.54, 1.807) is 0 Å². The Bertz CT molecular complexity index is 749. The van der Waals surface area contributed by atoms with Gasteiger partial charge < -0.3 is 15.2 Å². The van der Waals surface area contributed by atoms with E-state index in [0.717, 1.165) is 41.0 Å². The van der Waals surface area contributed by atoms with Crippen molar-refractivity contribution in [3.8, 4) is 16.9 Å². The standard InChI is InChI=1S/C23H29NO3/c1-2-26-23(25)15-9-17-8-14-22(27-20-6-4-3-5-7-20)21(16-17)18-10-12-19(24)13-11-18/h8,10-14,16,20H,2-7,9,15,24H2,1H3. The normalized spacial score (nSPS) is 14.7. The second-order valence-corrected chi connectivity index (χ2v) is 7.14. The number of aryl methyl sites for hydroxylation is 1. The zero-order valence-corrected chi connectivity index (χ0v) is 16.1. The van der Waals surface area contributed by atoms with Gasteiger partial charge in [0.25, 0.3) is 0 Å². The van der Waals surface area contributed by atoms with Gasteiger partial charge in [-0.05, 0) is 74.4 Å². The molecule has 0 unspecified atom stereocenters. The number of ether oxygens (including phenoxy) is 2. The number of hydrogen-bond acceptors (Lipinski definition) is 4. The third-order valence-corrected chi connectivity index (χ3v) is 5.03. The van der Waals surface area contributed by atoms with Crippen molar-refractivity contribution >= 4 is 11.7 Å². The summed E-state index contributed by atoms with van der Waals surface area (Å²) < 4.78 is 11.4. The molecule has 4 nitrogen and oxygen atoms in total. The van der Waals surface area contributed by atoms with Crippen LogP contribution in [0.3, 0.4) is 0 Å². The van der Waals surface area contributed by atoms with Crippen molar-refractivity contribution in [2.24, 2.45) is 0 Å². The zero-order valence-electron chi connectivity index (χ0n) is 16.1. The van der Waals surface area contributed by atoms with Gasteiger partial charge in [-0.2, -0.15) is 0 Å². The van der Waals surface area contributed by atoms with Gasteiger partial charge in [0.2, 0.25) is 0 Å². The molecule has 144 valence electrons. The summed E-state index contributed by atoms with van der Waals surface area (Å²) >= 11 is 0. The summed E-state index contributed by atoms with van der Waals surface area (Å²) in [6.45, 7) is 2.25. The van der Waals surface area contributed by atoms with Gasteiger partial charge >= 0.3 is 5.97 Å². The molecule has 0 aromatic heterocycles. The summed E-state index contributed by atoms with van der Waals surface area (Å²) in [5.41, 5.74) is 9.83. The first kappa shape index (κ1) is 19.3. The maximum absolute atomic E-state index is 11.7. The van der Waals surface area contributed by atoms with Crippen LogP contribution in [0.2, 0.25) is 0 Å². The molecular weight excluding hydrogens is 338 g/mol. The molecule has 2 aromatic rings. The summed E-state index contributed by atoms with van der Waals surface area (Å²) in [7, 11) is 0. The summed E-state index contributed by atoms with van der Waals surface area (Å²) in [6, 6.07) is 14.1. The van der Waals surface area contributed by atoms with Crippen LogP contribution >= 0.6 is 0 Å². The predicted octanol–water partition coefficient (Wildman–Crippen LogP) is 5.14. The van der Waals surface area contributed by atoms with Gasteiger partial charge in [-0.25, -0.2) is 0 Å². The van der Waals surface area contributed by atoms with Crippen molar-refractivity contribution in [1.82, 2.24) is 0 Å².